The Morgan fingerprint density at radius 3 is 2.80 bits per heavy atom. The minimum atomic E-state index is -0.133. The Labute approximate surface area is 121 Å². The van der Waals surface area contributed by atoms with E-state index < -0.39 is 0 Å². The van der Waals surface area contributed by atoms with E-state index in [2.05, 4.69) is 27.4 Å². The van der Waals surface area contributed by atoms with E-state index in [1.54, 1.807) is 11.7 Å². The summed E-state index contributed by atoms with van der Waals surface area (Å²) in [5.74, 6) is 6.98. The molecule has 0 fully saturated rings. The van der Waals surface area contributed by atoms with E-state index >= 15 is 0 Å². The molecule has 0 radical (unpaired) electrons. The van der Waals surface area contributed by atoms with Gasteiger partial charge in [0.15, 0.2) is 0 Å². The number of hydrogen-bond acceptors (Lipinski definition) is 6. The first-order valence-electron chi connectivity index (χ1n) is 5.97. The standard InChI is InChI=1S/C13H14N4O2S/c1-17-13(14-15-16-17)20-10-9-19-12-6-4-11(5-7-12)3-2-8-18/h4-7,18H,8-10H2,1H3. The van der Waals surface area contributed by atoms with Crippen LogP contribution in [0.15, 0.2) is 29.4 Å². The molecule has 1 N–H and O–H groups in total. The number of rotatable bonds is 5. The molecule has 2 aromatic rings. The van der Waals surface area contributed by atoms with Crippen molar-refractivity contribution in [2.75, 3.05) is 19.0 Å². The molecule has 1 aromatic carbocycles. The number of aromatic nitrogens is 4. The van der Waals surface area contributed by atoms with Gasteiger partial charge in [-0.1, -0.05) is 23.6 Å². The molecule has 0 bridgehead atoms. The van der Waals surface area contributed by atoms with Gasteiger partial charge < -0.3 is 9.84 Å². The predicted molar refractivity (Wildman–Crippen MR) is 75.4 cm³/mol. The van der Waals surface area contributed by atoms with Gasteiger partial charge in [0.05, 0.1) is 6.61 Å². The van der Waals surface area contributed by atoms with Crippen LogP contribution in [0.4, 0.5) is 0 Å². The minimum Gasteiger partial charge on any atom is -0.493 e. The van der Waals surface area contributed by atoms with Crippen molar-refractivity contribution in [3.8, 4) is 17.6 Å². The van der Waals surface area contributed by atoms with Gasteiger partial charge in [-0.05, 0) is 34.7 Å². The van der Waals surface area contributed by atoms with Gasteiger partial charge in [-0.2, -0.15) is 0 Å². The molecule has 0 spiro atoms. The highest BCUT2D eigenvalue weighted by Gasteiger charge is 2.02. The van der Waals surface area contributed by atoms with Crippen LogP contribution in [0.3, 0.4) is 0 Å². The second-order valence-corrected chi connectivity index (χ2v) is 4.83. The number of hydrogen-bond donors (Lipinski definition) is 1. The maximum atomic E-state index is 8.61. The van der Waals surface area contributed by atoms with Crippen molar-refractivity contribution in [3.63, 3.8) is 0 Å². The fourth-order valence-electron chi connectivity index (χ4n) is 1.41. The van der Waals surface area contributed by atoms with Gasteiger partial charge in [-0.15, -0.1) is 5.10 Å². The van der Waals surface area contributed by atoms with Crippen molar-refractivity contribution in [3.05, 3.63) is 29.8 Å². The minimum absolute atomic E-state index is 0.133. The van der Waals surface area contributed by atoms with Gasteiger partial charge in [-0.3, -0.25) is 0 Å². The average molecular weight is 290 g/mol. The zero-order chi connectivity index (χ0) is 14.2. The molecule has 1 aromatic heterocycles. The number of aliphatic hydroxyl groups excluding tert-OH is 1. The van der Waals surface area contributed by atoms with Crippen LogP contribution >= 0.6 is 11.8 Å². The Kier molecular flexibility index (Phi) is 5.41. The van der Waals surface area contributed by atoms with Crippen LogP contribution < -0.4 is 4.74 Å². The lowest BCUT2D eigenvalue weighted by Gasteiger charge is -2.05. The van der Waals surface area contributed by atoms with Gasteiger partial charge in [0.25, 0.3) is 0 Å². The number of aryl methyl sites for hydroxylation is 1. The van der Waals surface area contributed by atoms with Crippen molar-refractivity contribution < 1.29 is 9.84 Å². The summed E-state index contributed by atoms with van der Waals surface area (Å²) in [5, 5.41) is 20.6. The topological polar surface area (TPSA) is 73.1 Å². The largest absolute Gasteiger partial charge is 0.493 e. The number of aliphatic hydroxyl groups is 1. The van der Waals surface area contributed by atoms with E-state index in [4.69, 9.17) is 9.84 Å². The number of tetrazole rings is 1. The van der Waals surface area contributed by atoms with Crippen molar-refractivity contribution in [2.45, 2.75) is 5.16 Å². The Morgan fingerprint density at radius 1 is 1.35 bits per heavy atom. The molecular weight excluding hydrogens is 276 g/mol. The molecule has 0 atom stereocenters. The van der Waals surface area contributed by atoms with Crippen LogP contribution in [0.5, 0.6) is 5.75 Å². The third-order valence-electron chi connectivity index (χ3n) is 2.33. The third kappa shape index (κ3) is 4.26. The van der Waals surface area contributed by atoms with Gasteiger partial charge in [0.2, 0.25) is 5.16 Å². The Bertz CT molecular complexity index is 601. The normalized spacial score (nSPS) is 9.90. The Morgan fingerprint density at radius 2 is 2.15 bits per heavy atom. The predicted octanol–water partition coefficient (Wildman–Crippen LogP) is 0.725. The highest BCUT2D eigenvalue weighted by molar-refractivity contribution is 7.99. The summed E-state index contributed by atoms with van der Waals surface area (Å²) in [6.07, 6.45) is 0. The van der Waals surface area contributed by atoms with Gasteiger partial charge in [0.1, 0.15) is 12.4 Å². The molecule has 104 valence electrons. The maximum Gasteiger partial charge on any atom is 0.209 e. The lowest BCUT2D eigenvalue weighted by Crippen LogP contribution is -2.02. The summed E-state index contributed by atoms with van der Waals surface area (Å²) in [5.41, 5.74) is 0.853. The van der Waals surface area contributed by atoms with E-state index in [9.17, 15) is 0 Å². The Balaban J connectivity index is 1.75. The lowest BCUT2D eigenvalue weighted by atomic mass is 10.2. The molecule has 2 rings (SSSR count). The molecule has 0 aliphatic heterocycles. The zero-order valence-corrected chi connectivity index (χ0v) is 11.8. The summed E-state index contributed by atoms with van der Waals surface area (Å²) in [4.78, 5) is 0. The average Bonchev–Trinajstić information content (AvgIpc) is 2.88. The smallest absolute Gasteiger partial charge is 0.209 e. The zero-order valence-electron chi connectivity index (χ0n) is 11.0. The molecule has 0 unspecified atom stereocenters. The number of thioether (sulfide) groups is 1. The van der Waals surface area contributed by atoms with Crippen molar-refractivity contribution >= 4 is 11.8 Å². The van der Waals surface area contributed by atoms with E-state index in [-0.39, 0.29) is 6.61 Å². The van der Waals surface area contributed by atoms with Gasteiger partial charge >= 0.3 is 0 Å². The van der Waals surface area contributed by atoms with E-state index in [0.717, 1.165) is 22.2 Å². The van der Waals surface area contributed by atoms with E-state index in [0.29, 0.717) is 6.61 Å². The first kappa shape index (κ1) is 14.4. The third-order valence-corrected chi connectivity index (χ3v) is 3.31. The molecule has 0 saturated carbocycles. The molecule has 0 aliphatic carbocycles. The monoisotopic (exact) mass is 290 g/mol. The first-order valence-corrected chi connectivity index (χ1v) is 6.96. The van der Waals surface area contributed by atoms with Crippen LogP contribution in [0.2, 0.25) is 0 Å². The molecule has 1 heterocycles. The molecule has 6 nitrogen and oxygen atoms in total. The second kappa shape index (κ2) is 7.53. The second-order valence-electron chi connectivity index (χ2n) is 3.77. The number of nitrogens with zero attached hydrogens (tertiary/aromatic N) is 4. The Hall–Kier alpha value is -2.04. The van der Waals surface area contributed by atoms with E-state index in [1.807, 2.05) is 24.3 Å². The lowest BCUT2D eigenvalue weighted by molar-refractivity contribution is 0.344. The summed E-state index contributed by atoms with van der Waals surface area (Å²) in [6, 6.07) is 7.43. The fourth-order valence-corrected chi connectivity index (χ4v) is 2.08. The van der Waals surface area contributed by atoms with Crippen LogP contribution in [-0.4, -0.2) is 44.3 Å². The summed E-state index contributed by atoms with van der Waals surface area (Å²) in [7, 11) is 1.80. The van der Waals surface area contributed by atoms with Crippen LogP contribution in [-0.2, 0) is 7.05 Å². The van der Waals surface area contributed by atoms with Gasteiger partial charge in [0, 0.05) is 18.4 Å². The molecular formula is C13H14N4O2S. The van der Waals surface area contributed by atoms with Crippen LogP contribution in [0, 0.1) is 11.8 Å². The molecule has 0 saturated heterocycles. The number of ether oxygens (including phenoxy) is 1. The summed E-state index contributed by atoms with van der Waals surface area (Å²) in [6.45, 7) is 0.436. The van der Waals surface area contributed by atoms with Crippen LogP contribution in [0.25, 0.3) is 0 Å². The molecule has 20 heavy (non-hydrogen) atoms. The maximum absolute atomic E-state index is 8.61. The molecule has 0 aliphatic rings. The summed E-state index contributed by atoms with van der Waals surface area (Å²) < 4.78 is 7.23. The van der Waals surface area contributed by atoms with Crippen molar-refractivity contribution in [2.24, 2.45) is 7.05 Å². The first-order chi connectivity index (χ1) is 9.79. The number of benzene rings is 1. The highest BCUT2D eigenvalue weighted by atomic mass is 32.2. The fraction of sp³-hybridized carbons (Fsp3) is 0.308. The van der Waals surface area contributed by atoms with Crippen molar-refractivity contribution in [1.82, 2.24) is 20.2 Å². The quantitative estimate of drug-likeness (QED) is 0.497. The van der Waals surface area contributed by atoms with Gasteiger partial charge in [-0.25, -0.2) is 4.68 Å². The van der Waals surface area contributed by atoms with Crippen LogP contribution in [0.1, 0.15) is 5.56 Å². The van der Waals surface area contributed by atoms with E-state index in [1.165, 1.54) is 11.8 Å². The summed E-state index contributed by atoms with van der Waals surface area (Å²) >= 11 is 1.54. The SMILES string of the molecule is Cn1nnnc1SCCOc1ccc(C#CCO)cc1. The molecule has 0 amide bonds. The van der Waals surface area contributed by atoms with Crippen molar-refractivity contribution in [1.29, 1.82) is 0 Å². The molecule has 7 heteroatoms. The highest BCUT2D eigenvalue weighted by Crippen LogP contribution is 2.14.